The minimum Gasteiger partial charge on any atom is -0.396 e. The second-order valence-corrected chi connectivity index (χ2v) is 6.28. The molecule has 5 heteroatoms. The summed E-state index contributed by atoms with van der Waals surface area (Å²) in [5.41, 5.74) is -0.785. The van der Waals surface area contributed by atoms with Gasteiger partial charge in [-0.25, -0.2) is 0 Å². The first-order chi connectivity index (χ1) is 9.25. The summed E-state index contributed by atoms with van der Waals surface area (Å²) < 4.78 is 0. The van der Waals surface area contributed by atoms with Crippen molar-refractivity contribution in [2.75, 3.05) is 24.7 Å². The van der Waals surface area contributed by atoms with Crippen LogP contribution in [0, 0.1) is 16.7 Å². The lowest BCUT2D eigenvalue weighted by atomic mass is 9.81. The number of hydrogen-bond acceptors (Lipinski definition) is 4. The highest BCUT2D eigenvalue weighted by atomic mass is 32.2. The molecule has 19 heavy (non-hydrogen) atoms. The van der Waals surface area contributed by atoms with Crippen LogP contribution in [0.1, 0.15) is 44.9 Å². The summed E-state index contributed by atoms with van der Waals surface area (Å²) in [6, 6.07) is 2.27. The van der Waals surface area contributed by atoms with Crippen LogP contribution in [0.5, 0.6) is 0 Å². The lowest BCUT2D eigenvalue weighted by Crippen LogP contribution is -2.40. The van der Waals surface area contributed by atoms with Crippen LogP contribution in [-0.2, 0) is 4.79 Å². The Kier molecular flexibility index (Phi) is 7.92. The number of aliphatic hydroxyl groups excluding tert-OH is 1. The first-order valence-electron chi connectivity index (χ1n) is 7.13. The lowest BCUT2D eigenvalue weighted by molar-refractivity contribution is -0.128. The molecule has 1 fully saturated rings. The molecule has 1 rings (SSSR count). The molecule has 1 aliphatic carbocycles. The SMILES string of the molecule is N#CC1(C(=O)NCCSCCCO)CCCCCC1. The molecule has 108 valence electrons. The van der Waals surface area contributed by atoms with E-state index in [0.29, 0.717) is 19.4 Å². The molecule has 4 nitrogen and oxygen atoms in total. The highest BCUT2D eigenvalue weighted by Crippen LogP contribution is 2.34. The molecular weight excluding hydrogens is 260 g/mol. The van der Waals surface area contributed by atoms with Gasteiger partial charge in [-0.15, -0.1) is 0 Å². The van der Waals surface area contributed by atoms with Crippen molar-refractivity contribution in [1.82, 2.24) is 5.32 Å². The quantitative estimate of drug-likeness (QED) is 0.554. The highest BCUT2D eigenvalue weighted by molar-refractivity contribution is 7.99. The van der Waals surface area contributed by atoms with Gasteiger partial charge in [-0.3, -0.25) is 4.79 Å². The Labute approximate surface area is 119 Å². The summed E-state index contributed by atoms with van der Waals surface area (Å²) in [5, 5.41) is 20.9. The fourth-order valence-electron chi connectivity index (χ4n) is 2.40. The van der Waals surface area contributed by atoms with Gasteiger partial charge in [-0.1, -0.05) is 25.7 Å². The van der Waals surface area contributed by atoms with Crippen LogP contribution in [0.3, 0.4) is 0 Å². The zero-order chi connectivity index (χ0) is 14.0. The molecule has 2 N–H and O–H groups in total. The van der Waals surface area contributed by atoms with E-state index in [4.69, 9.17) is 5.11 Å². The van der Waals surface area contributed by atoms with Crippen molar-refractivity contribution < 1.29 is 9.90 Å². The second-order valence-electron chi connectivity index (χ2n) is 5.05. The Balaban J connectivity index is 2.31. The monoisotopic (exact) mass is 284 g/mol. The number of rotatable bonds is 7. The predicted molar refractivity (Wildman–Crippen MR) is 77.8 cm³/mol. The van der Waals surface area contributed by atoms with Gasteiger partial charge in [-0.05, 0) is 25.0 Å². The lowest BCUT2D eigenvalue weighted by Gasteiger charge is -2.23. The van der Waals surface area contributed by atoms with E-state index < -0.39 is 5.41 Å². The highest BCUT2D eigenvalue weighted by Gasteiger charge is 2.38. The summed E-state index contributed by atoms with van der Waals surface area (Å²) in [5.74, 6) is 1.67. The average molecular weight is 284 g/mol. The van der Waals surface area contributed by atoms with Crippen molar-refractivity contribution in [1.29, 1.82) is 5.26 Å². The third-order valence-electron chi connectivity index (χ3n) is 3.58. The van der Waals surface area contributed by atoms with Gasteiger partial charge < -0.3 is 10.4 Å². The molecular formula is C14H24N2O2S. The van der Waals surface area contributed by atoms with E-state index >= 15 is 0 Å². The molecule has 0 aliphatic heterocycles. The number of carbonyl (C=O) groups is 1. The largest absolute Gasteiger partial charge is 0.396 e. The van der Waals surface area contributed by atoms with Gasteiger partial charge in [0.05, 0.1) is 6.07 Å². The van der Waals surface area contributed by atoms with Crippen LogP contribution in [0.15, 0.2) is 0 Å². The average Bonchev–Trinajstić information content (AvgIpc) is 2.68. The number of nitrogens with zero attached hydrogens (tertiary/aromatic N) is 1. The van der Waals surface area contributed by atoms with Crippen LogP contribution < -0.4 is 5.32 Å². The van der Waals surface area contributed by atoms with E-state index in [0.717, 1.165) is 43.6 Å². The predicted octanol–water partition coefficient (Wildman–Crippen LogP) is 2.08. The molecule has 0 atom stereocenters. The number of carbonyl (C=O) groups excluding carboxylic acids is 1. The summed E-state index contributed by atoms with van der Waals surface area (Å²) >= 11 is 1.72. The van der Waals surface area contributed by atoms with Crippen LogP contribution in [0.25, 0.3) is 0 Å². The molecule has 0 aromatic carbocycles. The molecule has 0 unspecified atom stereocenters. The Hall–Kier alpha value is -0.730. The van der Waals surface area contributed by atoms with E-state index in [1.807, 2.05) is 0 Å². The number of amides is 1. The molecule has 1 amide bonds. The van der Waals surface area contributed by atoms with Crippen LogP contribution in [0.4, 0.5) is 0 Å². The Morgan fingerprint density at radius 2 is 1.95 bits per heavy atom. The maximum Gasteiger partial charge on any atom is 0.240 e. The molecule has 0 aromatic heterocycles. The molecule has 0 spiro atoms. The number of aliphatic hydroxyl groups is 1. The zero-order valence-corrected chi connectivity index (χ0v) is 12.3. The van der Waals surface area contributed by atoms with Crippen molar-refractivity contribution >= 4 is 17.7 Å². The van der Waals surface area contributed by atoms with Crippen molar-refractivity contribution in [2.45, 2.75) is 44.9 Å². The second kappa shape index (κ2) is 9.22. The topological polar surface area (TPSA) is 73.1 Å². The third-order valence-corrected chi connectivity index (χ3v) is 4.65. The normalized spacial score (nSPS) is 18.3. The molecule has 0 bridgehead atoms. The summed E-state index contributed by atoms with van der Waals surface area (Å²) in [6.45, 7) is 0.829. The zero-order valence-electron chi connectivity index (χ0n) is 11.5. The van der Waals surface area contributed by atoms with Crippen molar-refractivity contribution in [2.24, 2.45) is 5.41 Å². The van der Waals surface area contributed by atoms with Gasteiger partial charge in [0.2, 0.25) is 5.91 Å². The van der Waals surface area contributed by atoms with Crippen LogP contribution in [-0.4, -0.2) is 35.7 Å². The van der Waals surface area contributed by atoms with Gasteiger partial charge in [0.1, 0.15) is 5.41 Å². The Bertz CT molecular complexity index is 307. The molecule has 0 heterocycles. The molecule has 0 radical (unpaired) electrons. The van der Waals surface area contributed by atoms with Gasteiger partial charge in [-0.2, -0.15) is 17.0 Å². The Morgan fingerprint density at radius 3 is 2.53 bits per heavy atom. The maximum atomic E-state index is 12.2. The van der Waals surface area contributed by atoms with E-state index in [1.54, 1.807) is 11.8 Å². The van der Waals surface area contributed by atoms with Crippen LogP contribution >= 0.6 is 11.8 Å². The van der Waals surface area contributed by atoms with Gasteiger partial charge in [0.25, 0.3) is 0 Å². The summed E-state index contributed by atoms with van der Waals surface area (Å²) in [6.07, 6.45) is 6.42. The van der Waals surface area contributed by atoms with E-state index in [1.165, 1.54) is 0 Å². The van der Waals surface area contributed by atoms with Gasteiger partial charge in [0.15, 0.2) is 0 Å². The van der Waals surface area contributed by atoms with Gasteiger partial charge >= 0.3 is 0 Å². The van der Waals surface area contributed by atoms with E-state index in [2.05, 4.69) is 11.4 Å². The number of nitrogens with one attached hydrogen (secondary N) is 1. The molecule has 0 saturated heterocycles. The molecule has 1 aliphatic rings. The number of nitriles is 1. The molecule has 1 saturated carbocycles. The van der Waals surface area contributed by atoms with E-state index in [-0.39, 0.29) is 12.5 Å². The Morgan fingerprint density at radius 1 is 1.26 bits per heavy atom. The van der Waals surface area contributed by atoms with Crippen molar-refractivity contribution in [3.63, 3.8) is 0 Å². The first kappa shape index (κ1) is 16.3. The van der Waals surface area contributed by atoms with Crippen molar-refractivity contribution in [3.05, 3.63) is 0 Å². The smallest absolute Gasteiger partial charge is 0.240 e. The standard InChI is InChI=1S/C14H24N2O2S/c15-12-14(6-3-1-2-4-7-14)13(18)16-8-11-19-10-5-9-17/h17H,1-11H2,(H,16,18). The third kappa shape index (κ3) is 5.42. The van der Waals surface area contributed by atoms with Crippen LogP contribution in [0.2, 0.25) is 0 Å². The number of thioether (sulfide) groups is 1. The molecule has 0 aromatic rings. The fraction of sp³-hybridized carbons (Fsp3) is 0.857. The number of hydrogen-bond donors (Lipinski definition) is 2. The maximum absolute atomic E-state index is 12.2. The van der Waals surface area contributed by atoms with E-state index in [9.17, 15) is 10.1 Å². The first-order valence-corrected chi connectivity index (χ1v) is 8.29. The minimum atomic E-state index is -0.785. The van der Waals surface area contributed by atoms with Crippen molar-refractivity contribution in [3.8, 4) is 6.07 Å². The minimum absolute atomic E-state index is 0.0836. The summed E-state index contributed by atoms with van der Waals surface area (Å²) in [4.78, 5) is 12.2. The van der Waals surface area contributed by atoms with Gasteiger partial charge in [0, 0.05) is 18.9 Å². The summed E-state index contributed by atoms with van der Waals surface area (Å²) in [7, 11) is 0. The fourth-order valence-corrected chi connectivity index (χ4v) is 3.18.